The van der Waals surface area contributed by atoms with E-state index in [1.165, 1.54) is 7.11 Å². The molecule has 2 aromatic heterocycles. The molecule has 0 radical (unpaired) electrons. The number of fused-ring (bicyclic) bond motifs is 1. The second-order valence-electron chi connectivity index (χ2n) is 9.75. The number of carbonyl (C=O) groups excluding carboxylic acids is 1. The van der Waals surface area contributed by atoms with E-state index in [1.54, 1.807) is 41.2 Å². The van der Waals surface area contributed by atoms with Crippen LogP contribution in [0.3, 0.4) is 0 Å². The zero-order chi connectivity index (χ0) is 26.8. The summed E-state index contributed by atoms with van der Waals surface area (Å²) in [6.07, 6.45) is 4.99. The van der Waals surface area contributed by atoms with Crippen molar-refractivity contribution in [3.63, 3.8) is 0 Å². The predicted octanol–water partition coefficient (Wildman–Crippen LogP) is 3.57. The Hall–Kier alpha value is -4.02. The number of carbonyl (C=O) groups is 1. The highest BCUT2D eigenvalue weighted by molar-refractivity contribution is 5.96. The molecule has 2 N–H and O–H groups in total. The van der Waals surface area contributed by atoms with Crippen molar-refractivity contribution in [1.29, 1.82) is 0 Å². The number of anilines is 2. The number of benzene rings is 2. The Bertz CT molecular complexity index is 1470. The van der Waals surface area contributed by atoms with Crippen molar-refractivity contribution in [2.45, 2.75) is 13.0 Å². The maximum Gasteiger partial charge on any atom is 0.254 e. The van der Waals surface area contributed by atoms with Gasteiger partial charge in [0.2, 0.25) is 0 Å². The first-order valence-corrected chi connectivity index (χ1v) is 12.6. The first kappa shape index (κ1) is 25.6. The molecular formula is C28H32FN7O2. The van der Waals surface area contributed by atoms with Crippen molar-refractivity contribution in [2.75, 3.05) is 52.7 Å². The Labute approximate surface area is 221 Å². The van der Waals surface area contributed by atoms with E-state index in [0.29, 0.717) is 41.4 Å². The van der Waals surface area contributed by atoms with Crippen LogP contribution in [-0.4, -0.2) is 83.5 Å². The summed E-state index contributed by atoms with van der Waals surface area (Å²) in [5.74, 6) is 0.285. The standard InChI is InChI=1S/C28H32FN7O2/c1-18-14-19(8-9-21(18)28(37)35-12-10-30-20(17-35)16-34(2)3)33-26-27-32-15-23(36(27)13-11-31-26)22-6-5-7-24(38-4)25(22)29/h5-9,11,13-15,20,30H,10,12,16-17H2,1-4H3,(H,31,33). The van der Waals surface area contributed by atoms with Crippen LogP contribution in [0.5, 0.6) is 5.75 Å². The van der Waals surface area contributed by atoms with Crippen LogP contribution in [0.4, 0.5) is 15.9 Å². The van der Waals surface area contributed by atoms with Gasteiger partial charge in [-0.3, -0.25) is 9.20 Å². The third-order valence-electron chi connectivity index (χ3n) is 6.73. The molecule has 2 aromatic carbocycles. The van der Waals surface area contributed by atoms with Gasteiger partial charge in [0, 0.05) is 61.4 Å². The molecule has 0 saturated carbocycles. The van der Waals surface area contributed by atoms with Crippen molar-refractivity contribution in [3.05, 3.63) is 71.9 Å². The summed E-state index contributed by atoms with van der Waals surface area (Å²) >= 11 is 0. The van der Waals surface area contributed by atoms with Gasteiger partial charge in [-0.2, -0.15) is 0 Å². The van der Waals surface area contributed by atoms with Gasteiger partial charge in [0.1, 0.15) is 0 Å². The molecule has 3 heterocycles. The van der Waals surface area contributed by atoms with Gasteiger partial charge in [-0.1, -0.05) is 6.07 Å². The van der Waals surface area contributed by atoms with Crippen molar-refractivity contribution in [3.8, 4) is 17.0 Å². The van der Waals surface area contributed by atoms with Gasteiger partial charge in [0.25, 0.3) is 5.91 Å². The molecule has 0 aliphatic carbocycles. The summed E-state index contributed by atoms with van der Waals surface area (Å²) in [4.78, 5) is 26.3. The van der Waals surface area contributed by atoms with Crippen LogP contribution in [0.25, 0.3) is 16.9 Å². The molecular weight excluding hydrogens is 485 g/mol. The maximum absolute atomic E-state index is 14.9. The molecule has 10 heteroatoms. The number of piperazine rings is 1. The molecule has 1 fully saturated rings. The number of amides is 1. The number of methoxy groups -OCH3 is 1. The van der Waals surface area contributed by atoms with Crippen molar-refractivity contribution in [2.24, 2.45) is 0 Å². The summed E-state index contributed by atoms with van der Waals surface area (Å²) in [7, 11) is 5.51. The smallest absolute Gasteiger partial charge is 0.254 e. The summed E-state index contributed by atoms with van der Waals surface area (Å²) in [5.41, 5.74) is 3.86. The van der Waals surface area contributed by atoms with E-state index in [4.69, 9.17) is 4.74 Å². The molecule has 38 heavy (non-hydrogen) atoms. The van der Waals surface area contributed by atoms with Crippen LogP contribution < -0.4 is 15.4 Å². The highest BCUT2D eigenvalue weighted by Crippen LogP contribution is 2.31. The topological polar surface area (TPSA) is 87.0 Å². The molecule has 0 bridgehead atoms. The lowest BCUT2D eigenvalue weighted by atomic mass is 10.1. The fraction of sp³-hybridized carbons (Fsp3) is 0.321. The van der Waals surface area contributed by atoms with Gasteiger partial charge in [-0.25, -0.2) is 14.4 Å². The maximum atomic E-state index is 14.9. The Balaban J connectivity index is 1.37. The van der Waals surface area contributed by atoms with E-state index in [2.05, 4.69) is 25.5 Å². The monoisotopic (exact) mass is 517 g/mol. The summed E-state index contributed by atoms with van der Waals surface area (Å²) in [6, 6.07) is 10.9. The number of aromatic nitrogens is 3. The first-order valence-electron chi connectivity index (χ1n) is 12.6. The molecule has 9 nitrogen and oxygen atoms in total. The third kappa shape index (κ3) is 5.05. The van der Waals surface area contributed by atoms with Gasteiger partial charge in [-0.15, -0.1) is 0 Å². The minimum absolute atomic E-state index is 0.0396. The van der Waals surface area contributed by atoms with E-state index >= 15 is 0 Å². The van der Waals surface area contributed by atoms with Crippen LogP contribution in [0.15, 0.2) is 55.0 Å². The lowest BCUT2D eigenvalue weighted by molar-refractivity contribution is 0.0690. The van der Waals surface area contributed by atoms with Gasteiger partial charge in [0.15, 0.2) is 23.0 Å². The van der Waals surface area contributed by atoms with Crippen LogP contribution in [0, 0.1) is 12.7 Å². The summed E-state index contributed by atoms with van der Waals surface area (Å²) < 4.78 is 21.9. The lowest BCUT2D eigenvalue weighted by Crippen LogP contribution is -2.55. The second-order valence-corrected chi connectivity index (χ2v) is 9.75. The molecule has 1 aliphatic heterocycles. The van der Waals surface area contributed by atoms with Crippen molar-refractivity contribution in [1.82, 2.24) is 29.5 Å². The van der Waals surface area contributed by atoms with E-state index in [0.717, 1.165) is 24.3 Å². The number of rotatable bonds is 7. The van der Waals surface area contributed by atoms with Crippen LogP contribution in [-0.2, 0) is 0 Å². The van der Waals surface area contributed by atoms with Crippen molar-refractivity contribution < 1.29 is 13.9 Å². The summed E-state index contributed by atoms with van der Waals surface area (Å²) in [6.45, 7) is 4.96. The average Bonchev–Trinajstić information content (AvgIpc) is 3.33. The Morgan fingerprint density at radius 2 is 2.11 bits per heavy atom. The molecule has 1 amide bonds. The Morgan fingerprint density at radius 1 is 1.26 bits per heavy atom. The fourth-order valence-electron chi connectivity index (χ4n) is 4.93. The second kappa shape index (κ2) is 10.8. The van der Waals surface area contributed by atoms with Gasteiger partial charge >= 0.3 is 0 Å². The number of imidazole rings is 1. The molecule has 0 spiro atoms. The van der Waals surface area contributed by atoms with Crippen LogP contribution >= 0.6 is 0 Å². The highest BCUT2D eigenvalue weighted by Gasteiger charge is 2.25. The zero-order valence-corrected chi connectivity index (χ0v) is 22.0. The normalized spacial score (nSPS) is 15.7. The molecule has 4 aromatic rings. The SMILES string of the molecule is COc1cccc(-c2cnc3c(Nc4ccc(C(=O)N5CCNC(CN(C)C)C5)c(C)c4)nccn23)c1F. The molecule has 1 aliphatic rings. The summed E-state index contributed by atoms with van der Waals surface area (Å²) in [5, 5.41) is 6.80. The minimum atomic E-state index is -0.448. The highest BCUT2D eigenvalue weighted by atomic mass is 19.1. The molecule has 1 unspecified atom stereocenters. The van der Waals surface area contributed by atoms with Gasteiger partial charge in [-0.05, 0) is 56.9 Å². The lowest BCUT2D eigenvalue weighted by Gasteiger charge is -2.35. The van der Waals surface area contributed by atoms with E-state index in [1.807, 2.05) is 44.1 Å². The number of nitrogens with zero attached hydrogens (tertiary/aromatic N) is 5. The number of ether oxygens (including phenoxy) is 1. The molecule has 198 valence electrons. The van der Waals surface area contributed by atoms with Crippen molar-refractivity contribution >= 4 is 23.1 Å². The van der Waals surface area contributed by atoms with E-state index in [9.17, 15) is 9.18 Å². The van der Waals surface area contributed by atoms with Crippen LogP contribution in [0.1, 0.15) is 15.9 Å². The van der Waals surface area contributed by atoms with Gasteiger partial charge in [0.05, 0.1) is 19.0 Å². The Kier molecular flexibility index (Phi) is 7.26. The minimum Gasteiger partial charge on any atom is -0.494 e. The predicted molar refractivity (Wildman–Crippen MR) is 146 cm³/mol. The van der Waals surface area contributed by atoms with Crippen LogP contribution in [0.2, 0.25) is 0 Å². The number of halogens is 1. The zero-order valence-electron chi connectivity index (χ0n) is 22.0. The molecule has 5 rings (SSSR count). The van der Waals surface area contributed by atoms with E-state index in [-0.39, 0.29) is 17.7 Å². The average molecular weight is 518 g/mol. The third-order valence-corrected chi connectivity index (χ3v) is 6.73. The number of nitrogens with one attached hydrogen (secondary N) is 2. The largest absolute Gasteiger partial charge is 0.494 e. The first-order chi connectivity index (χ1) is 18.4. The quantitative estimate of drug-likeness (QED) is 0.388. The Morgan fingerprint density at radius 3 is 2.87 bits per heavy atom. The molecule has 1 atom stereocenters. The number of aryl methyl sites for hydroxylation is 1. The van der Waals surface area contributed by atoms with Gasteiger partial charge < -0.3 is 25.2 Å². The number of likely N-dealkylation sites (N-methyl/N-ethyl adjacent to an activating group) is 1. The number of hydrogen-bond acceptors (Lipinski definition) is 7. The number of hydrogen-bond donors (Lipinski definition) is 2. The molecule has 1 saturated heterocycles. The van der Waals surface area contributed by atoms with E-state index < -0.39 is 5.82 Å². The fourth-order valence-corrected chi connectivity index (χ4v) is 4.93.